The maximum Gasteiger partial charge on any atom is 0.203 e. The minimum atomic E-state index is -0.315. The Hall–Kier alpha value is -1.64. The number of Topliss-reactive ketones (excluding diaryl/α,β-unsaturated/α-hetero) is 1. The zero-order valence-electron chi connectivity index (χ0n) is 11.0. The molecule has 1 aromatic carbocycles. The zero-order valence-corrected chi connectivity index (χ0v) is 11.0. The van der Waals surface area contributed by atoms with Crippen molar-refractivity contribution in [2.75, 3.05) is 0 Å². The summed E-state index contributed by atoms with van der Waals surface area (Å²) in [7, 11) is 0. The molecule has 0 saturated heterocycles. The van der Waals surface area contributed by atoms with E-state index in [-0.39, 0.29) is 17.0 Å². The second-order valence-corrected chi connectivity index (χ2v) is 5.74. The van der Waals surface area contributed by atoms with Crippen molar-refractivity contribution in [1.29, 1.82) is 0 Å². The molecule has 0 unspecified atom stereocenters. The number of furan rings is 1. The van der Waals surface area contributed by atoms with Gasteiger partial charge in [0.2, 0.25) is 5.78 Å². The average molecular weight is 260 g/mol. The molecule has 0 spiro atoms. The second-order valence-electron chi connectivity index (χ2n) is 5.74. The number of carbonyl (C=O) groups is 1. The lowest BCUT2D eigenvalue weighted by Gasteiger charge is -2.30. The zero-order chi connectivity index (χ0) is 13.5. The number of fused-ring (bicyclic) bond motifs is 1. The van der Waals surface area contributed by atoms with Gasteiger partial charge in [-0.05, 0) is 37.1 Å². The van der Waals surface area contributed by atoms with Crippen molar-refractivity contribution in [2.45, 2.75) is 39.0 Å². The van der Waals surface area contributed by atoms with Gasteiger partial charge in [0.15, 0.2) is 5.76 Å². The van der Waals surface area contributed by atoms with Crippen LogP contribution in [-0.4, -0.2) is 5.78 Å². The molecule has 0 amide bonds. The van der Waals surface area contributed by atoms with Gasteiger partial charge in [0, 0.05) is 10.8 Å². The van der Waals surface area contributed by atoms with Gasteiger partial charge in [-0.3, -0.25) is 4.79 Å². The number of hydrogen-bond donors (Lipinski definition) is 0. The Bertz CT molecular complexity index is 621. The van der Waals surface area contributed by atoms with Gasteiger partial charge in [0.05, 0.1) is 0 Å². The normalized spacial score (nSPS) is 18.6. The molecular formula is C16H17FO2. The van der Waals surface area contributed by atoms with E-state index < -0.39 is 0 Å². The van der Waals surface area contributed by atoms with E-state index in [2.05, 4.69) is 0 Å². The summed E-state index contributed by atoms with van der Waals surface area (Å²) in [6, 6.07) is 5.99. The van der Waals surface area contributed by atoms with Crippen LogP contribution in [0.25, 0.3) is 11.0 Å². The van der Waals surface area contributed by atoms with Crippen LogP contribution in [0.15, 0.2) is 28.7 Å². The summed E-state index contributed by atoms with van der Waals surface area (Å²) in [5, 5.41) is 0.655. The standard InChI is InChI=1S/C16H17FO2/c1-16(7-3-2-4-8-16)15(18)14-10-11-9-12(17)5-6-13(11)19-14/h5-6,9-10H,2-4,7-8H2,1H3. The molecule has 1 fully saturated rings. The monoisotopic (exact) mass is 260 g/mol. The van der Waals surface area contributed by atoms with E-state index in [0.29, 0.717) is 16.7 Å². The number of halogens is 1. The molecule has 3 rings (SSSR count). The third-order valence-electron chi connectivity index (χ3n) is 4.21. The first kappa shape index (κ1) is 12.4. The van der Waals surface area contributed by atoms with Crippen molar-refractivity contribution < 1.29 is 13.6 Å². The van der Waals surface area contributed by atoms with Crippen molar-refractivity contribution >= 4 is 16.8 Å². The number of rotatable bonds is 2. The van der Waals surface area contributed by atoms with Gasteiger partial charge in [-0.1, -0.05) is 26.2 Å². The van der Waals surface area contributed by atoms with Gasteiger partial charge in [-0.15, -0.1) is 0 Å². The van der Waals surface area contributed by atoms with Gasteiger partial charge in [-0.2, -0.15) is 0 Å². The van der Waals surface area contributed by atoms with E-state index >= 15 is 0 Å². The van der Waals surface area contributed by atoms with Crippen LogP contribution < -0.4 is 0 Å². The quantitative estimate of drug-likeness (QED) is 0.731. The Balaban J connectivity index is 1.97. The van der Waals surface area contributed by atoms with Gasteiger partial charge in [0.1, 0.15) is 11.4 Å². The topological polar surface area (TPSA) is 30.2 Å². The largest absolute Gasteiger partial charge is 0.453 e. The average Bonchev–Trinajstić information content (AvgIpc) is 2.81. The Morgan fingerprint density at radius 3 is 2.68 bits per heavy atom. The highest BCUT2D eigenvalue weighted by molar-refractivity contribution is 6.01. The van der Waals surface area contributed by atoms with E-state index in [4.69, 9.17) is 4.42 Å². The minimum absolute atomic E-state index is 0.0591. The summed E-state index contributed by atoms with van der Waals surface area (Å²) >= 11 is 0. The lowest BCUT2D eigenvalue weighted by molar-refractivity contribution is 0.0721. The Kier molecular flexibility index (Phi) is 2.92. The molecule has 1 aromatic heterocycles. The third-order valence-corrected chi connectivity index (χ3v) is 4.21. The summed E-state index contributed by atoms with van der Waals surface area (Å²) < 4.78 is 18.7. The summed E-state index contributed by atoms with van der Waals surface area (Å²) in [6.07, 6.45) is 5.22. The molecule has 3 heteroatoms. The van der Waals surface area contributed by atoms with Gasteiger partial charge < -0.3 is 4.42 Å². The van der Waals surface area contributed by atoms with Gasteiger partial charge >= 0.3 is 0 Å². The summed E-state index contributed by atoms with van der Waals surface area (Å²) in [5.41, 5.74) is 0.258. The van der Waals surface area contributed by atoms with E-state index in [9.17, 15) is 9.18 Å². The molecule has 1 saturated carbocycles. The molecule has 1 aliphatic rings. The fourth-order valence-corrected chi connectivity index (χ4v) is 2.98. The highest BCUT2D eigenvalue weighted by Gasteiger charge is 2.36. The van der Waals surface area contributed by atoms with E-state index in [1.54, 1.807) is 12.1 Å². The smallest absolute Gasteiger partial charge is 0.203 e. The minimum Gasteiger partial charge on any atom is -0.453 e. The highest BCUT2D eigenvalue weighted by Crippen LogP contribution is 2.39. The van der Waals surface area contributed by atoms with E-state index in [1.807, 2.05) is 6.92 Å². The molecule has 0 aliphatic heterocycles. The van der Waals surface area contributed by atoms with Crippen LogP contribution >= 0.6 is 0 Å². The fourth-order valence-electron chi connectivity index (χ4n) is 2.98. The Morgan fingerprint density at radius 1 is 1.21 bits per heavy atom. The number of hydrogen-bond acceptors (Lipinski definition) is 2. The lowest BCUT2D eigenvalue weighted by atomic mass is 9.72. The summed E-state index contributed by atoms with van der Waals surface area (Å²) in [4.78, 5) is 12.6. The molecule has 0 radical (unpaired) electrons. The maximum absolute atomic E-state index is 13.2. The maximum atomic E-state index is 13.2. The lowest BCUT2D eigenvalue weighted by Crippen LogP contribution is -2.29. The van der Waals surface area contributed by atoms with Crippen molar-refractivity contribution in [3.05, 3.63) is 35.8 Å². The molecule has 0 N–H and O–H groups in total. The van der Waals surface area contributed by atoms with Gasteiger partial charge in [-0.25, -0.2) is 4.39 Å². The fraction of sp³-hybridized carbons (Fsp3) is 0.438. The van der Waals surface area contributed by atoms with E-state index in [0.717, 1.165) is 25.7 Å². The van der Waals surface area contributed by atoms with Crippen molar-refractivity contribution in [3.8, 4) is 0 Å². The number of carbonyl (C=O) groups excluding carboxylic acids is 1. The molecule has 1 heterocycles. The predicted molar refractivity (Wildman–Crippen MR) is 71.7 cm³/mol. The van der Waals surface area contributed by atoms with Crippen LogP contribution in [0.1, 0.15) is 49.6 Å². The van der Waals surface area contributed by atoms with E-state index in [1.165, 1.54) is 18.6 Å². The molecule has 0 atom stereocenters. The summed E-state index contributed by atoms with van der Waals surface area (Å²) in [5.74, 6) is 0.116. The Morgan fingerprint density at radius 2 is 1.95 bits per heavy atom. The Labute approximate surface area is 111 Å². The molecule has 2 aromatic rings. The summed E-state index contributed by atoms with van der Waals surface area (Å²) in [6.45, 7) is 2.02. The molecule has 19 heavy (non-hydrogen) atoms. The van der Waals surface area contributed by atoms with Gasteiger partial charge in [0.25, 0.3) is 0 Å². The molecule has 100 valence electrons. The molecule has 2 nitrogen and oxygen atoms in total. The number of ketones is 1. The molecule has 0 bridgehead atoms. The van der Waals surface area contributed by atoms with Crippen molar-refractivity contribution in [2.24, 2.45) is 5.41 Å². The second kappa shape index (κ2) is 4.48. The van der Waals surface area contributed by atoms with Crippen LogP contribution in [0.4, 0.5) is 4.39 Å². The SMILES string of the molecule is CC1(C(=O)c2cc3cc(F)ccc3o2)CCCCC1. The van der Waals surface area contributed by atoms with Crippen molar-refractivity contribution in [1.82, 2.24) is 0 Å². The first-order chi connectivity index (χ1) is 9.08. The molecular weight excluding hydrogens is 243 g/mol. The molecule has 1 aliphatic carbocycles. The third kappa shape index (κ3) is 2.18. The van der Waals surface area contributed by atoms with Crippen LogP contribution in [0.2, 0.25) is 0 Å². The first-order valence-corrected chi connectivity index (χ1v) is 6.82. The van der Waals surface area contributed by atoms with Crippen LogP contribution in [-0.2, 0) is 0 Å². The van der Waals surface area contributed by atoms with Crippen LogP contribution in [0, 0.1) is 11.2 Å². The van der Waals surface area contributed by atoms with Crippen LogP contribution in [0.3, 0.4) is 0 Å². The number of benzene rings is 1. The van der Waals surface area contributed by atoms with Crippen LogP contribution in [0.5, 0.6) is 0 Å². The van der Waals surface area contributed by atoms with Crippen molar-refractivity contribution in [3.63, 3.8) is 0 Å². The first-order valence-electron chi connectivity index (χ1n) is 6.82. The highest BCUT2D eigenvalue weighted by atomic mass is 19.1. The predicted octanol–water partition coefficient (Wildman–Crippen LogP) is 4.73.